The Labute approximate surface area is 152 Å². The molecular weight excluding hydrogens is 370 g/mol. The number of hydrogen-bond donors (Lipinski definition) is 1. The van der Waals surface area contributed by atoms with Crippen LogP contribution in [0.5, 0.6) is 0 Å². The second-order valence-electron chi connectivity index (χ2n) is 5.02. The van der Waals surface area contributed by atoms with Crippen molar-refractivity contribution in [3.05, 3.63) is 69.3 Å². The maximum Gasteiger partial charge on any atom is 0.230 e. The predicted molar refractivity (Wildman–Crippen MR) is 96.3 cm³/mol. The van der Waals surface area contributed by atoms with Gasteiger partial charge >= 0.3 is 0 Å². The summed E-state index contributed by atoms with van der Waals surface area (Å²) >= 11 is 13.2. The topological polar surface area (TPSA) is 42.0 Å². The Morgan fingerprint density at radius 3 is 2.75 bits per heavy atom. The van der Waals surface area contributed by atoms with Crippen molar-refractivity contribution in [2.24, 2.45) is 0 Å². The van der Waals surface area contributed by atoms with Crippen LogP contribution in [-0.4, -0.2) is 10.9 Å². The highest BCUT2D eigenvalue weighted by Crippen LogP contribution is 2.30. The van der Waals surface area contributed by atoms with Gasteiger partial charge in [0.25, 0.3) is 0 Å². The van der Waals surface area contributed by atoms with E-state index in [4.69, 9.17) is 23.2 Å². The van der Waals surface area contributed by atoms with E-state index in [2.05, 4.69) is 10.3 Å². The van der Waals surface area contributed by atoms with Crippen LogP contribution in [0.15, 0.2) is 47.8 Å². The number of carbonyl (C=O) groups excluding carboxylic acids is 1. The van der Waals surface area contributed by atoms with Crippen LogP contribution in [0.2, 0.25) is 10.0 Å². The first-order valence-corrected chi connectivity index (χ1v) is 8.60. The molecule has 0 aliphatic heterocycles. The van der Waals surface area contributed by atoms with E-state index in [1.807, 2.05) is 11.4 Å². The number of aromatic nitrogens is 1. The minimum absolute atomic E-state index is 0.0828. The SMILES string of the molecule is O=C(Cc1cccc(F)c1)Nc1nc(-c2ccc(Cl)c(Cl)c2)cs1. The molecule has 0 radical (unpaired) electrons. The van der Waals surface area contributed by atoms with E-state index in [0.29, 0.717) is 26.4 Å². The molecule has 0 aliphatic rings. The molecule has 1 heterocycles. The molecule has 2 aromatic carbocycles. The van der Waals surface area contributed by atoms with E-state index in [1.165, 1.54) is 23.5 Å². The number of benzene rings is 2. The summed E-state index contributed by atoms with van der Waals surface area (Å²) in [5.74, 6) is -0.618. The fourth-order valence-corrected chi connectivity index (χ4v) is 3.15. The van der Waals surface area contributed by atoms with Crippen molar-refractivity contribution in [2.45, 2.75) is 6.42 Å². The van der Waals surface area contributed by atoms with Gasteiger partial charge in [0.05, 0.1) is 22.2 Å². The third kappa shape index (κ3) is 4.12. The molecule has 3 aromatic rings. The molecule has 3 nitrogen and oxygen atoms in total. The molecule has 0 saturated heterocycles. The molecule has 0 saturated carbocycles. The van der Waals surface area contributed by atoms with Crippen molar-refractivity contribution < 1.29 is 9.18 Å². The average molecular weight is 381 g/mol. The van der Waals surface area contributed by atoms with Gasteiger partial charge in [0.1, 0.15) is 5.82 Å². The summed E-state index contributed by atoms with van der Waals surface area (Å²) in [5, 5.41) is 5.91. The fraction of sp³-hybridized carbons (Fsp3) is 0.0588. The lowest BCUT2D eigenvalue weighted by Gasteiger charge is -2.02. The first-order chi connectivity index (χ1) is 11.5. The van der Waals surface area contributed by atoms with Gasteiger partial charge in [-0.25, -0.2) is 9.37 Å². The van der Waals surface area contributed by atoms with E-state index in [-0.39, 0.29) is 18.1 Å². The van der Waals surface area contributed by atoms with Crippen molar-refractivity contribution in [1.29, 1.82) is 0 Å². The van der Waals surface area contributed by atoms with E-state index >= 15 is 0 Å². The lowest BCUT2D eigenvalue weighted by atomic mass is 10.1. The fourth-order valence-electron chi connectivity index (χ4n) is 2.11. The number of nitrogens with zero attached hydrogens (tertiary/aromatic N) is 1. The van der Waals surface area contributed by atoms with Crippen molar-refractivity contribution >= 4 is 45.6 Å². The second kappa shape index (κ2) is 7.30. The maximum absolute atomic E-state index is 13.1. The van der Waals surface area contributed by atoms with Crippen LogP contribution in [0.4, 0.5) is 9.52 Å². The average Bonchev–Trinajstić information content (AvgIpc) is 2.98. The zero-order chi connectivity index (χ0) is 17.1. The van der Waals surface area contributed by atoms with Gasteiger partial charge in [0.2, 0.25) is 5.91 Å². The van der Waals surface area contributed by atoms with Crippen molar-refractivity contribution in [1.82, 2.24) is 4.98 Å². The zero-order valence-corrected chi connectivity index (χ0v) is 14.6. The standard InChI is InChI=1S/C17H11Cl2FN2OS/c18-13-5-4-11(8-14(13)19)15-9-24-17(21-15)22-16(23)7-10-2-1-3-12(20)6-10/h1-6,8-9H,7H2,(H,21,22,23). The Morgan fingerprint density at radius 1 is 1.17 bits per heavy atom. The number of anilines is 1. The Bertz CT molecular complexity index is 898. The van der Waals surface area contributed by atoms with Crippen LogP contribution in [0, 0.1) is 5.82 Å². The van der Waals surface area contributed by atoms with Crippen molar-refractivity contribution in [2.75, 3.05) is 5.32 Å². The normalized spacial score (nSPS) is 10.6. The number of rotatable bonds is 4. The van der Waals surface area contributed by atoms with E-state index in [0.717, 1.165) is 5.56 Å². The number of halogens is 3. The maximum atomic E-state index is 13.1. The lowest BCUT2D eigenvalue weighted by molar-refractivity contribution is -0.115. The van der Waals surface area contributed by atoms with Gasteiger partial charge in [-0.2, -0.15) is 0 Å². The van der Waals surface area contributed by atoms with E-state index in [1.54, 1.807) is 24.3 Å². The molecule has 7 heteroatoms. The first kappa shape index (κ1) is 16.9. The number of hydrogen-bond acceptors (Lipinski definition) is 3. The van der Waals surface area contributed by atoms with Gasteiger partial charge in [0, 0.05) is 10.9 Å². The Kier molecular flexibility index (Phi) is 5.14. The molecule has 3 rings (SSSR count). The third-order valence-corrected chi connectivity index (χ3v) is 4.72. The number of carbonyl (C=O) groups is 1. The van der Waals surface area contributed by atoms with Gasteiger partial charge in [-0.05, 0) is 29.8 Å². The predicted octanol–water partition coefficient (Wildman–Crippen LogP) is 5.44. The summed E-state index contributed by atoms with van der Waals surface area (Å²) in [4.78, 5) is 16.4. The summed E-state index contributed by atoms with van der Waals surface area (Å²) in [5.41, 5.74) is 2.11. The second-order valence-corrected chi connectivity index (χ2v) is 6.69. The smallest absolute Gasteiger partial charge is 0.230 e. The molecule has 0 atom stereocenters. The number of nitrogens with one attached hydrogen (secondary N) is 1. The zero-order valence-electron chi connectivity index (χ0n) is 12.2. The highest BCUT2D eigenvalue weighted by molar-refractivity contribution is 7.14. The Morgan fingerprint density at radius 2 is 2.00 bits per heavy atom. The molecule has 0 spiro atoms. The lowest BCUT2D eigenvalue weighted by Crippen LogP contribution is -2.14. The van der Waals surface area contributed by atoms with Crippen LogP contribution in [0.3, 0.4) is 0 Å². The van der Waals surface area contributed by atoms with Gasteiger partial charge < -0.3 is 5.32 Å². The molecule has 0 bridgehead atoms. The van der Waals surface area contributed by atoms with E-state index in [9.17, 15) is 9.18 Å². The molecular formula is C17H11Cl2FN2OS. The molecule has 0 aliphatic carbocycles. The highest BCUT2D eigenvalue weighted by Gasteiger charge is 2.10. The van der Waals surface area contributed by atoms with Gasteiger partial charge in [-0.3, -0.25) is 4.79 Å². The van der Waals surface area contributed by atoms with Crippen molar-refractivity contribution in [3.8, 4) is 11.3 Å². The number of amides is 1. The summed E-state index contributed by atoms with van der Waals surface area (Å²) in [7, 11) is 0. The van der Waals surface area contributed by atoms with Crippen LogP contribution in [0.25, 0.3) is 11.3 Å². The van der Waals surface area contributed by atoms with Crippen LogP contribution >= 0.6 is 34.5 Å². The van der Waals surface area contributed by atoms with Crippen LogP contribution in [0.1, 0.15) is 5.56 Å². The van der Waals surface area contributed by atoms with E-state index < -0.39 is 0 Å². The monoisotopic (exact) mass is 380 g/mol. The molecule has 1 N–H and O–H groups in total. The largest absolute Gasteiger partial charge is 0.302 e. The molecule has 122 valence electrons. The van der Waals surface area contributed by atoms with Crippen LogP contribution < -0.4 is 5.32 Å². The summed E-state index contributed by atoms with van der Waals surface area (Å²) in [6.07, 6.45) is 0.0828. The van der Waals surface area contributed by atoms with Crippen LogP contribution in [-0.2, 0) is 11.2 Å². The summed E-state index contributed by atoms with van der Waals surface area (Å²) in [6, 6.07) is 11.2. The third-order valence-electron chi connectivity index (χ3n) is 3.22. The molecule has 1 amide bonds. The Balaban J connectivity index is 1.69. The van der Waals surface area contributed by atoms with Gasteiger partial charge in [-0.1, -0.05) is 41.4 Å². The summed E-state index contributed by atoms with van der Waals surface area (Å²) in [6.45, 7) is 0. The van der Waals surface area contributed by atoms with Gasteiger partial charge in [0.15, 0.2) is 5.13 Å². The Hall–Kier alpha value is -1.95. The molecule has 0 fully saturated rings. The minimum atomic E-state index is -0.364. The first-order valence-electron chi connectivity index (χ1n) is 6.96. The van der Waals surface area contributed by atoms with Gasteiger partial charge in [-0.15, -0.1) is 11.3 Å². The highest BCUT2D eigenvalue weighted by atomic mass is 35.5. The quantitative estimate of drug-likeness (QED) is 0.654. The molecule has 0 unspecified atom stereocenters. The van der Waals surface area contributed by atoms with Crippen molar-refractivity contribution in [3.63, 3.8) is 0 Å². The summed E-state index contributed by atoms with van der Waals surface area (Å²) < 4.78 is 13.1. The molecule has 24 heavy (non-hydrogen) atoms. The molecule has 1 aromatic heterocycles. The number of thiazole rings is 1. The minimum Gasteiger partial charge on any atom is -0.302 e.